The molecule has 17 heavy (non-hydrogen) atoms. The summed E-state index contributed by atoms with van der Waals surface area (Å²) in [4.78, 5) is 13.1. The summed E-state index contributed by atoms with van der Waals surface area (Å²) in [5.41, 5.74) is 6.31. The number of rotatable bonds is 3. The third-order valence-corrected chi connectivity index (χ3v) is 3.30. The van der Waals surface area contributed by atoms with Gasteiger partial charge in [-0.05, 0) is 18.8 Å². The Hall–Kier alpha value is -1.43. The number of carbonyl (C=O) groups excluding carboxylic acids is 1. The highest BCUT2D eigenvalue weighted by Gasteiger charge is 2.21. The average molecular weight is 237 g/mol. The van der Waals surface area contributed by atoms with Crippen LogP contribution in [0.25, 0.3) is 0 Å². The van der Waals surface area contributed by atoms with Gasteiger partial charge < -0.3 is 10.6 Å². The Kier molecular flexibility index (Phi) is 3.73. The van der Waals surface area contributed by atoms with E-state index in [0.717, 1.165) is 38.2 Å². The lowest BCUT2D eigenvalue weighted by atomic mass is 9.97. The zero-order valence-corrected chi connectivity index (χ0v) is 10.2. The van der Waals surface area contributed by atoms with E-state index in [0.29, 0.717) is 12.5 Å². The van der Waals surface area contributed by atoms with Gasteiger partial charge in [-0.25, -0.2) is 0 Å². The second kappa shape index (κ2) is 5.27. The zero-order chi connectivity index (χ0) is 12.3. The minimum atomic E-state index is 0.176. The van der Waals surface area contributed by atoms with Gasteiger partial charge in [0.15, 0.2) is 0 Å². The van der Waals surface area contributed by atoms with Crippen molar-refractivity contribution in [2.24, 2.45) is 11.7 Å². The Morgan fingerprint density at radius 3 is 2.76 bits per heavy atom. The van der Waals surface area contributed by atoms with Gasteiger partial charge in [-0.2, -0.15) is 0 Å². The summed E-state index contributed by atoms with van der Waals surface area (Å²) in [6, 6.07) is 0. The minimum Gasteiger partial charge on any atom is -0.343 e. The smallest absolute Gasteiger partial charge is 0.219 e. The summed E-state index contributed by atoms with van der Waals surface area (Å²) >= 11 is 0. The number of likely N-dealkylation sites (tertiary alicyclic amines) is 1. The highest BCUT2D eigenvalue weighted by Crippen LogP contribution is 2.18. The fraction of sp³-hybridized carbons (Fsp3) is 0.727. The number of aromatic nitrogens is 3. The lowest BCUT2D eigenvalue weighted by Gasteiger charge is -2.31. The number of amides is 1. The first kappa shape index (κ1) is 12.0. The van der Waals surface area contributed by atoms with Crippen molar-refractivity contribution in [3.05, 3.63) is 11.9 Å². The van der Waals surface area contributed by atoms with Crippen LogP contribution in [-0.4, -0.2) is 38.9 Å². The molecule has 0 bridgehead atoms. The van der Waals surface area contributed by atoms with E-state index in [1.54, 1.807) is 6.92 Å². The van der Waals surface area contributed by atoms with Crippen LogP contribution in [0.15, 0.2) is 6.20 Å². The molecular weight excluding hydrogens is 218 g/mol. The van der Waals surface area contributed by atoms with Gasteiger partial charge in [0, 0.05) is 39.3 Å². The van der Waals surface area contributed by atoms with E-state index in [4.69, 9.17) is 5.73 Å². The van der Waals surface area contributed by atoms with Crippen molar-refractivity contribution >= 4 is 5.91 Å². The maximum absolute atomic E-state index is 11.2. The Morgan fingerprint density at radius 2 is 2.24 bits per heavy atom. The standard InChI is InChI=1S/C11H19N5O/c1-9(17)15-4-2-10(3-5-15)7-16-8-11(6-12)13-14-16/h8,10H,2-7,12H2,1H3. The Morgan fingerprint density at radius 1 is 1.53 bits per heavy atom. The van der Waals surface area contributed by atoms with Crippen molar-refractivity contribution in [3.8, 4) is 0 Å². The fourth-order valence-electron chi connectivity index (χ4n) is 2.22. The largest absolute Gasteiger partial charge is 0.343 e. The maximum atomic E-state index is 11.2. The summed E-state index contributed by atoms with van der Waals surface area (Å²) in [6.07, 6.45) is 3.98. The predicted octanol–water partition coefficient (Wildman–Crippen LogP) is -0.00470. The Balaban J connectivity index is 1.83. The van der Waals surface area contributed by atoms with Crippen LogP contribution in [0.1, 0.15) is 25.5 Å². The number of nitrogens with two attached hydrogens (primary N) is 1. The molecule has 2 rings (SSSR count). The van der Waals surface area contributed by atoms with Gasteiger partial charge in [0.2, 0.25) is 5.91 Å². The number of hydrogen-bond acceptors (Lipinski definition) is 4. The number of piperidine rings is 1. The van der Waals surface area contributed by atoms with Crippen molar-refractivity contribution < 1.29 is 4.79 Å². The molecular formula is C11H19N5O. The summed E-state index contributed by atoms with van der Waals surface area (Å²) in [5, 5.41) is 8.01. The molecule has 0 radical (unpaired) electrons. The molecule has 0 aliphatic carbocycles. The quantitative estimate of drug-likeness (QED) is 0.802. The molecule has 0 spiro atoms. The normalized spacial score (nSPS) is 17.4. The monoisotopic (exact) mass is 237 g/mol. The molecule has 1 aromatic heterocycles. The molecule has 2 heterocycles. The predicted molar refractivity (Wildman–Crippen MR) is 62.9 cm³/mol. The van der Waals surface area contributed by atoms with Gasteiger partial charge >= 0.3 is 0 Å². The molecule has 1 aliphatic rings. The van der Waals surface area contributed by atoms with Crippen molar-refractivity contribution in [2.45, 2.75) is 32.9 Å². The summed E-state index contributed by atoms with van der Waals surface area (Å²) < 4.78 is 1.86. The summed E-state index contributed by atoms with van der Waals surface area (Å²) in [7, 11) is 0. The molecule has 1 amide bonds. The lowest BCUT2D eigenvalue weighted by molar-refractivity contribution is -0.130. The molecule has 6 nitrogen and oxygen atoms in total. The van der Waals surface area contributed by atoms with Gasteiger partial charge in [0.05, 0.1) is 5.69 Å². The summed E-state index contributed by atoms with van der Waals surface area (Å²) in [5.74, 6) is 0.757. The van der Waals surface area contributed by atoms with Crippen LogP contribution in [0, 0.1) is 5.92 Å². The first-order valence-corrected chi connectivity index (χ1v) is 6.03. The second-order valence-corrected chi connectivity index (χ2v) is 4.59. The van der Waals surface area contributed by atoms with E-state index >= 15 is 0 Å². The van der Waals surface area contributed by atoms with Crippen LogP contribution >= 0.6 is 0 Å². The average Bonchev–Trinajstić information content (AvgIpc) is 2.77. The van der Waals surface area contributed by atoms with Gasteiger partial charge in [0.1, 0.15) is 0 Å². The van der Waals surface area contributed by atoms with Crippen LogP contribution in [0.4, 0.5) is 0 Å². The lowest BCUT2D eigenvalue weighted by Crippen LogP contribution is -2.38. The zero-order valence-electron chi connectivity index (χ0n) is 10.2. The maximum Gasteiger partial charge on any atom is 0.219 e. The number of hydrogen-bond donors (Lipinski definition) is 1. The van der Waals surface area contributed by atoms with Crippen LogP contribution in [0.5, 0.6) is 0 Å². The molecule has 1 saturated heterocycles. The van der Waals surface area contributed by atoms with Crippen molar-refractivity contribution in [1.82, 2.24) is 19.9 Å². The third kappa shape index (κ3) is 3.03. The van der Waals surface area contributed by atoms with Crippen LogP contribution in [0.2, 0.25) is 0 Å². The first-order chi connectivity index (χ1) is 8.19. The molecule has 0 aromatic carbocycles. The molecule has 2 N–H and O–H groups in total. The van der Waals surface area contributed by atoms with Gasteiger partial charge in [0.25, 0.3) is 0 Å². The van der Waals surface area contributed by atoms with Crippen LogP contribution in [-0.2, 0) is 17.9 Å². The van der Waals surface area contributed by atoms with E-state index in [2.05, 4.69) is 10.3 Å². The van der Waals surface area contributed by atoms with Crippen LogP contribution < -0.4 is 5.73 Å². The van der Waals surface area contributed by atoms with Crippen molar-refractivity contribution in [3.63, 3.8) is 0 Å². The molecule has 0 saturated carbocycles. The van der Waals surface area contributed by atoms with E-state index in [1.807, 2.05) is 15.8 Å². The van der Waals surface area contributed by atoms with Gasteiger partial charge in [-0.3, -0.25) is 9.48 Å². The third-order valence-electron chi connectivity index (χ3n) is 3.30. The topological polar surface area (TPSA) is 77.0 Å². The molecule has 94 valence electrons. The van der Waals surface area contributed by atoms with E-state index in [1.165, 1.54) is 0 Å². The van der Waals surface area contributed by atoms with Crippen molar-refractivity contribution in [1.29, 1.82) is 0 Å². The molecule has 0 unspecified atom stereocenters. The van der Waals surface area contributed by atoms with E-state index in [9.17, 15) is 4.79 Å². The molecule has 6 heteroatoms. The summed E-state index contributed by atoms with van der Waals surface area (Å²) in [6.45, 7) is 4.66. The van der Waals surface area contributed by atoms with E-state index in [-0.39, 0.29) is 5.91 Å². The Bertz CT molecular complexity index is 381. The van der Waals surface area contributed by atoms with Crippen LogP contribution in [0.3, 0.4) is 0 Å². The SMILES string of the molecule is CC(=O)N1CCC(Cn2cc(CN)nn2)CC1. The highest BCUT2D eigenvalue weighted by atomic mass is 16.2. The highest BCUT2D eigenvalue weighted by molar-refractivity contribution is 5.73. The number of carbonyl (C=O) groups is 1. The second-order valence-electron chi connectivity index (χ2n) is 4.59. The van der Waals surface area contributed by atoms with E-state index < -0.39 is 0 Å². The van der Waals surface area contributed by atoms with Gasteiger partial charge in [-0.15, -0.1) is 5.10 Å². The Labute approximate surface area is 101 Å². The molecule has 1 aliphatic heterocycles. The number of nitrogens with zero attached hydrogens (tertiary/aromatic N) is 4. The molecule has 0 atom stereocenters. The fourth-order valence-corrected chi connectivity index (χ4v) is 2.22. The first-order valence-electron chi connectivity index (χ1n) is 6.03. The van der Waals surface area contributed by atoms with Gasteiger partial charge in [-0.1, -0.05) is 5.21 Å². The minimum absolute atomic E-state index is 0.176. The molecule has 1 fully saturated rings. The molecule has 1 aromatic rings. The van der Waals surface area contributed by atoms with Crippen molar-refractivity contribution in [2.75, 3.05) is 13.1 Å².